The Morgan fingerprint density at radius 2 is 1.83 bits per heavy atom. The number of thiophene rings is 2. The summed E-state index contributed by atoms with van der Waals surface area (Å²) in [4.78, 5) is 1.93. The first kappa shape index (κ1) is 15.4. The van der Waals surface area contributed by atoms with E-state index >= 15 is 0 Å². The lowest BCUT2D eigenvalue weighted by atomic mass is 10.4. The minimum absolute atomic E-state index is 0.0890. The summed E-state index contributed by atoms with van der Waals surface area (Å²) in [6.07, 6.45) is 0. The van der Waals surface area contributed by atoms with Crippen LogP contribution in [-0.4, -0.2) is 25.1 Å². The summed E-state index contributed by atoms with van der Waals surface area (Å²) in [5.74, 6) is 7.82. The predicted molar refractivity (Wildman–Crippen MR) is 95.4 cm³/mol. The van der Waals surface area contributed by atoms with Gasteiger partial charge in [-0.05, 0) is 29.8 Å². The molecule has 2 N–H and O–H groups in total. The van der Waals surface area contributed by atoms with Gasteiger partial charge in [-0.3, -0.25) is 0 Å². The molecule has 4 aromatic rings. The highest BCUT2D eigenvalue weighted by molar-refractivity contribution is 7.99. The number of aromatic nitrogens is 5. The molecule has 0 saturated carbocycles. The van der Waals surface area contributed by atoms with E-state index in [1.807, 2.05) is 41.9 Å². The maximum atomic E-state index is 6.12. The zero-order chi connectivity index (χ0) is 16.5. The smallest absolute Gasteiger partial charge is 0.257 e. The van der Waals surface area contributed by atoms with Crippen molar-refractivity contribution in [1.29, 1.82) is 0 Å². The lowest BCUT2D eigenvalue weighted by Crippen LogP contribution is -2.11. The van der Waals surface area contributed by atoms with Crippen molar-refractivity contribution in [1.82, 2.24) is 25.1 Å². The van der Waals surface area contributed by atoms with E-state index in [2.05, 4.69) is 20.4 Å². The molecular formula is C14H12N6OS3. The Bertz CT molecular complexity index is 928. The van der Waals surface area contributed by atoms with Gasteiger partial charge in [-0.25, -0.2) is 4.68 Å². The number of nitrogen functional groups attached to an aromatic ring is 1. The molecule has 122 valence electrons. The van der Waals surface area contributed by atoms with Crippen molar-refractivity contribution in [2.24, 2.45) is 0 Å². The SMILES string of the molecule is C[C@H](Sc1nnc(-c2cccs2)n1N)c1nnc(-c2cccs2)o1. The van der Waals surface area contributed by atoms with Crippen molar-refractivity contribution in [2.75, 3.05) is 5.84 Å². The first-order chi connectivity index (χ1) is 11.7. The molecule has 0 amide bonds. The van der Waals surface area contributed by atoms with Crippen LogP contribution in [0.4, 0.5) is 0 Å². The molecule has 0 aliphatic carbocycles. The Kier molecular flexibility index (Phi) is 4.08. The first-order valence-corrected chi connectivity index (χ1v) is 9.64. The Morgan fingerprint density at radius 3 is 2.54 bits per heavy atom. The van der Waals surface area contributed by atoms with E-state index in [-0.39, 0.29) is 5.25 Å². The zero-order valence-corrected chi connectivity index (χ0v) is 14.9. The summed E-state index contributed by atoms with van der Waals surface area (Å²) in [6.45, 7) is 1.97. The summed E-state index contributed by atoms with van der Waals surface area (Å²) in [5.41, 5.74) is 0. The quantitative estimate of drug-likeness (QED) is 0.419. The van der Waals surface area contributed by atoms with Crippen LogP contribution in [-0.2, 0) is 0 Å². The number of hydrogen-bond donors (Lipinski definition) is 1. The lowest BCUT2D eigenvalue weighted by molar-refractivity contribution is 0.510. The molecule has 0 aliphatic rings. The highest BCUT2D eigenvalue weighted by Crippen LogP contribution is 2.35. The third kappa shape index (κ3) is 2.83. The minimum Gasteiger partial charge on any atom is -0.419 e. The van der Waals surface area contributed by atoms with E-state index in [9.17, 15) is 0 Å². The van der Waals surface area contributed by atoms with Crippen LogP contribution in [0, 0.1) is 0 Å². The van der Waals surface area contributed by atoms with Gasteiger partial charge < -0.3 is 10.3 Å². The maximum Gasteiger partial charge on any atom is 0.257 e. The van der Waals surface area contributed by atoms with E-state index in [1.165, 1.54) is 16.4 Å². The molecule has 0 fully saturated rings. The summed E-state index contributed by atoms with van der Waals surface area (Å²) < 4.78 is 7.24. The molecule has 0 radical (unpaired) electrons. The topological polar surface area (TPSA) is 95.7 Å². The average Bonchev–Trinajstić information content (AvgIpc) is 3.36. The van der Waals surface area contributed by atoms with Crippen molar-refractivity contribution >= 4 is 34.4 Å². The normalized spacial score (nSPS) is 12.5. The highest BCUT2D eigenvalue weighted by Gasteiger charge is 2.21. The van der Waals surface area contributed by atoms with Crippen LogP contribution in [0.5, 0.6) is 0 Å². The van der Waals surface area contributed by atoms with Crippen LogP contribution in [0.25, 0.3) is 21.5 Å². The largest absolute Gasteiger partial charge is 0.419 e. The van der Waals surface area contributed by atoms with Crippen LogP contribution in [0.3, 0.4) is 0 Å². The van der Waals surface area contributed by atoms with Gasteiger partial charge in [-0.15, -0.1) is 43.1 Å². The summed E-state index contributed by atoms with van der Waals surface area (Å²) in [7, 11) is 0. The van der Waals surface area contributed by atoms with Crippen LogP contribution in [0.1, 0.15) is 18.1 Å². The van der Waals surface area contributed by atoms with E-state index in [0.29, 0.717) is 22.8 Å². The highest BCUT2D eigenvalue weighted by atomic mass is 32.2. The van der Waals surface area contributed by atoms with Crippen molar-refractivity contribution < 1.29 is 4.42 Å². The van der Waals surface area contributed by atoms with Gasteiger partial charge in [0, 0.05) is 0 Å². The van der Waals surface area contributed by atoms with Crippen molar-refractivity contribution in [2.45, 2.75) is 17.3 Å². The fourth-order valence-corrected chi connectivity index (χ4v) is 4.19. The molecule has 4 rings (SSSR count). The van der Waals surface area contributed by atoms with E-state index in [0.717, 1.165) is 9.75 Å². The fraction of sp³-hybridized carbons (Fsp3) is 0.143. The molecule has 0 aliphatic heterocycles. The average molecular weight is 376 g/mol. The molecule has 0 unspecified atom stereocenters. The monoisotopic (exact) mass is 376 g/mol. The fourth-order valence-electron chi connectivity index (χ4n) is 2.04. The second kappa shape index (κ2) is 6.38. The molecule has 0 spiro atoms. The van der Waals surface area contributed by atoms with Gasteiger partial charge in [0.1, 0.15) is 0 Å². The number of thioether (sulfide) groups is 1. The van der Waals surface area contributed by atoms with Gasteiger partial charge >= 0.3 is 0 Å². The standard InChI is InChI=1S/C14H12N6OS3/c1-8(12-17-18-13(21-12)10-5-3-7-23-10)24-14-19-16-11(20(14)15)9-4-2-6-22-9/h2-8H,15H2,1H3/t8-/m0/s1. The lowest BCUT2D eigenvalue weighted by Gasteiger charge is -2.06. The third-order valence-corrected chi connectivity index (χ3v) is 5.98. The Balaban J connectivity index is 1.53. The molecule has 4 aromatic heterocycles. The van der Waals surface area contributed by atoms with E-state index in [1.54, 1.807) is 22.7 Å². The van der Waals surface area contributed by atoms with Crippen LogP contribution in [0.2, 0.25) is 0 Å². The molecule has 0 aromatic carbocycles. The second-order valence-corrected chi connectivity index (χ2v) is 8.04. The van der Waals surface area contributed by atoms with E-state index < -0.39 is 0 Å². The van der Waals surface area contributed by atoms with Gasteiger partial charge in [-0.2, -0.15) is 0 Å². The second-order valence-electron chi connectivity index (χ2n) is 4.84. The number of rotatable bonds is 5. The molecule has 4 heterocycles. The van der Waals surface area contributed by atoms with Crippen molar-refractivity contribution in [3.05, 3.63) is 40.9 Å². The van der Waals surface area contributed by atoms with Gasteiger partial charge in [-0.1, -0.05) is 23.9 Å². The van der Waals surface area contributed by atoms with Crippen LogP contribution < -0.4 is 5.84 Å². The molecular weight excluding hydrogens is 364 g/mol. The van der Waals surface area contributed by atoms with Crippen molar-refractivity contribution in [3.63, 3.8) is 0 Å². The van der Waals surface area contributed by atoms with Crippen LogP contribution >= 0.6 is 34.4 Å². The Labute approximate surface area is 149 Å². The van der Waals surface area contributed by atoms with Gasteiger partial charge in [0.25, 0.3) is 5.89 Å². The molecule has 7 nitrogen and oxygen atoms in total. The Morgan fingerprint density at radius 1 is 1.08 bits per heavy atom. The number of hydrogen-bond acceptors (Lipinski definition) is 9. The maximum absolute atomic E-state index is 6.12. The van der Waals surface area contributed by atoms with Crippen LogP contribution in [0.15, 0.2) is 44.6 Å². The molecule has 0 saturated heterocycles. The van der Waals surface area contributed by atoms with E-state index in [4.69, 9.17) is 10.3 Å². The van der Waals surface area contributed by atoms with Gasteiger partial charge in [0.2, 0.25) is 11.0 Å². The molecule has 24 heavy (non-hydrogen) atoms. The summed E-state index contributed by atoms with van der Waals surface area (Å²) >= 11 is 4.56. The van der Waals surface area contributed by atoms with Crippen molar-refractivity contribution in [3.8, 4) is 21.5 Å². The predicted octanol–water partition coefficient (Wildman–Crippen LogP) is 3.69. The summed E-state index contributed by atoms with van der Waals surface area (Å²) in [5, 5.41) is 21.0. The first-order valence-electron chi connectivity index (χ1n) is 7.00. The number of nitrogens with two attached hydrogens (primary N) is 1. The number of nitrogens with zero attached hydrogens (tertiary/aromatic N) is 5. The third-order valence-electron chi connectivity index (χ3n) is 3.21. The molecule has 10 heteroatoms. The zero-order valence-electron chi connectivity index (χ0n) is 12.5. The van der Waals surface area contributed by atoms with Gasteiger partial charge in [0.15, 0.2) is 5.82 Å². The molecule has 1 atom stereocenters. The van der Waals surface area contributed by atoms with Gasteiger partial charge in [0.05, 0.1) is 15.0 Å². The summed E-state index contributed by atoms with van der Waals surface area (Å²) in [6, 6.07) is 7.81. The minimum atomic E-state index is -0.0890. The molecule has 0 bridgehead atoms. The Hall–Kier alpha value is -2.17.